The number of rotatable bonds is 4. The van der Waals surface area contributed by atoms with Crippen LogP contribution in [0.25, 0.3) is 0 Å². The average molecular weight is 351 g/mol. The number of nitrogens with zero attached hydrogens (tertiary/aromatic N) is 2. The van der Waals surface area contributed by atoms with Crippen molar-refractivity contribution in [1.82, 2.24) is 9.88 Å². The van der Waals surface area contributed by atoms with Gasteiger partial charge >= 0.3 is 0 Å². The highest BCUT2D eigenvalue weighted by Crippen LogP contribution is 2.26. The highest BCUT2D eigenvalue weighted by molar-refractivity contribution is 9.10. The molecule has 0 fully saturated rings. The summed E-state index contributed by atoms with van der Waals surface area (Å²) in [5.74, 6) is 0.762. The molecule has 0 saturated heterocycles. The van der Waals surface area contributed by atoms with Gasteiger partial charge in [0.1, 0.15) is 9.63 Å². The van der Waals surface area contributed by atoms with Crippen molar-refractivity contribution in [2.75, 3.05) is 14.1 Å². The third-order valence-electron chi connectivity index (χ3n) is 2.68. The zero-order chi connectivity index (χ0) is 14.5. The van der Waals surface area contributed by atoms with E-state index in [1.54, 1.807) is 36.8 Å². The Labute approximate surface area is 131 Å². The van der Waals surface area contributed by atoms with Crippen LogP contribution in [-0.2, 0) is 5.75 Å². The number of halogens is 1. The number of hydrogen-bond donors (Lipinski definition) is 0. The summed E-state index contributed by atoms with van der Waals surface area (Å²) in [6, 6.07) is 13.8. The van der Waals surface area contributed by atoms with Crippen LogP contribution >= 0.6 is 27.7 Å². The lowest BCUT2D eigenvalue weighted by Gasteiger charge is -2.13. The highest BCUT2D eigenvalue weighted by atomic mass is 79.9. The van der Waals surface area contributed by atoms with Gasteiger partial charge in [-0.1, -0.05) is 30.3 Å². The van der Waals surface area contributed by atoms with Crippen LogP contribution in [0.2, 0.25) is 0 Å². The fraction of sp³-hybridized carbons (Fsp3) is 0.200. The molecule has 0 N–H and O–H groups in total. The van der Waals surface area contributed by atoms with E-state index in [1.165, 1.54) is 5.56 Å². The Morgan fingerprint density at radius 3 is 2.55 bits per heavy atom. The van der Waals surface area contributed by atoms with Crippen molar-refractivity contribution in [3.63, 3.8) is 0 Å². The molecule has 2 aromatic rings. The van der Waals surface area contributed by atoms with Crippen LogP contribution in [0.3, 0.4) is 0 Å². The Morgan fingerprint density at radius 2 is 1.90 bits per heavy atom. The van der Waals surface area contributed by atoms with E-state index in [0.29, 0.717) is 5.56 Å². The molecule has 0 spiro atoms. The van der Waals surface area contributed by atoms with Crippen molar-refractivity contribution in [1.29, 1.82) is 0 Å². The van der Waals surface area contributed by atoms with Crippen LogP contribution < -0.4 is 0 Å². The Morgan fingerprint density at radius 1 is 1.20 bits per heavy atom. The van der Waals surface area contributed by atoms with E-state index in [2.05, 4.69) is 33.0 Å². The molecule has 0 atom stereocenters. The van der Waals surface area contributed by atoms with Gasteiger partial charge in [0.15, 0.2) is 0 Å². The predicted octanol–water partition coefficient (Wildman–Crippen LogP) is 3.84. The lowest BCUT2D eigenvalue weighted by Crippen LogP contribution is -2.22. The topological polar surface area (TPSA) is 33.2 Å². The van der Waals surface area contributed by atoms with Crippen LogP contribution in [0.4, 0.5) is 0 Å². The van der Waals surface area contributed by atoms with Crippen molar-refractivity contribution < 1.29 is 4.79 Å². The maximum absolute atomic E-state index is 12.1. The summed E-state index contributed by atoms with van der Waals surface area (Å²) in [5.41, 5.74) is 1.85. The van der Waals surface area contributed by atoms with Crippen LogP contribution in [0.1, 0.15) is 15.9 Å². The van der Waals surface area contributed by atoms with E-state index in [0.717, 1.165) is 15.4 Å². The van der Waals surface area contributed by atoms with E-state index in [9.17, 15) is 4.79 Å². The van der Waals surface area contributed by atoms with E-state index < -0.39 is 0 Å². The Bertz CT molecular complexity index is 602. The summed E-state index contributed by atoms with van der Waals surface area (Å²) in [6.07, 6.45) is 0. The fourth-order valence-electron chi connectivity index (χ4n) is 1.66. The number of pyridine rings is 1. The summed E-state index contributed by atoms with van der Waals surface area (Å²) >= 11 is 4.93. The SMILES string of the molecule is CN(C)C(=O)c1ccc(Br)nc1SCc1ccccc1. The first-order valence-electron chi connectivity index (χ1n) is 6.13. The molecule has 2 rings (SSSR count). The van der Waals surface area contributed by atoms with Gasteiger partial charge in [-0.25, -0.2) is 4.98 Å². The minimum absolute atomic E-state index is 0.0273. The first-order chi connectivity index (χ1) is 9.58. The number of carbonyl (C=O) groups excluding carboxylic acids is 1. The second kappa shape index (κ2) is 6.90. The molecule has 0 bridgehead atoms. The standard InChI is InChI=1S/C15H15BrN2OS/c1-18(2)15(19)12-8-9-13(16)17-14(12)20-10-11-6-4-3-5-7-11/h3-9H,10H2,1-2H3. The molecule has 0 aliphatic carbocycles. The summed E-state index contributed by atoms with van der Waals surface area (Å²) in [5, 5.41) is 0.752. The maximum Gasteiger partial charge on any atom is 0.256 e. The molecular weight excluding hydrogens is 336 g/mol. The minimum Gasteiger partial charge on any atom is -0.345 e. The van der Waals surface area contributed by atoms with Crippen molar-refractivity contribution in [2.45, 2.75) is 10.8 Å². The monoisotopic (exact) mass is 350 g/mol. The third kappa shape index (κ3) is 3.84. The number of benzene rings is 1. The van der Waals surface area contributed by atoms with Gasteiger partial charge < -0.3 is 4.90 Å². The number of aromatic nitrogens is 1. The van der Waals surface area contributed by atoms with Crippen LogP contribution in [0.15, 0.2) is 52.1 Å². The van der Waals surface area contributed by atoms with Gasteiger partial charge in [-0.15, -0.1) is 11.8 Å². The Balaban J connectivity index is 2.21. The molecule has 5 heteroatoms. The molecule has 0 radical (unpaired) electrons. The number of hydrogen-bond acceptors (Lipinski definition) is 3. The molecule has 0 aliphatic heterocycles. The third-order valence-corrected chi connectivity index (χ3v) is 4.19. The van der Waals surface area contributed by atoms with Gasteiger partial charge in [-0.3, -0.25) is 4.79 Å². The molecule has 3 nitrogen and oxygen atoms in total. The first kappa shape index (κ1) is 15.1. The fourth-order valence-corrected chi connectivity index (χ4v) is 3.05. The number of amides is 1. The first-order valence-corrected chi connectivity index (χ1v) is 7.90. The molecule has 1 heterocycles. The van der Waals surface area contributed by atoms with Crippen molar-refractivity contribution in [2.24, 2.45) is 0 Å². The van der Waals surface area contributed by atoms with Crippen molar-refractivity contribution in [3.05, 3.63) is 58.2 Å². The van der Waals surface area contributed by atoms with E-state index >= 15 is 0 Å². The average Bonchev–Trinajstić information content (AvgIpc) is 2.45. The summed E-state index contributed by atoms with van der Waals surface area (Å²) in [7, 11) is 3.49. The molecule has 0 unspecified atom stereocenters. The minimum atomic E-state index is -0.0273. The van der Waals surface area contributed by atoms with E-state index in [4.69, 9.17) is 0 Å². The highest BCUT2D eigenvalue weighted by Gasteiger charge is 2.15. The molecule has 0 saturated carbocycles. The van der Waals surface area contributed by atoms with Crippen LogP contribution in [0.5, 0.6) is 0 Å². The van der Waals surface area contributed by atoms with Gasteiger partial charge in [0, 0.05) is 19.8 Å². The van der Waals surface area contributed by atoms with E-state index in [-0.39, 0.29) is 5.91 Å². The Hall–Kier alpha value is -1.33. The normalized spacial score (nSPS) is 10.3. The summed E-state index contributed by atoms with van der Waals surface area (Å²) in [6.45, 7) is 0. The molecule has 1 amide bonds. The lowest BCUT2D eigenvalue weighted by atomic mass is 10.2. The molecule has 1 aromatic carbocycles. The molecule has 104 valence electrons. The predicted molar refractivity (Wildman–Crippen MR) is 86.0 cm³/mol. The summed E-state index contributed by atoms with van der Waals surface area (Å²) < 4.78 is 0.739. The molecule has 20 heavy (non-hydrogen) atoms. The van der Waals surface area contributed by atoms with Crippen molar-refractivity contribution in [3.8, 4) is 0 Å². The second-order valence-corrected chi connectivity index (χ2v) is 6.24. The largest absolute Gasteiger partial charge is 0.345 e. The van der Waals surface area contributed by atoms with Gasteiger partial charge in [0.05, 0.1) is 5.56 Å². The molecule has 0 aliphatic rings. The zero-order valence-electron chi connectivity index (χ0n) is 11.3. The van der Waals surface area contributed by atoms with Gasteiger partial charge in [0.2, 0.25) is 0 Å². The Kier molecular flexibility index (Phi) is 5.20. The second-order valence-electron chi connectivity index (χ2n) is 4.46. The van der Waals surface area contributed by atoms with Gasteiger partial charge in [0.25, 0.3) is 5.91 Å². The van der Waals surface area contributed by atoms with Gasteiger partial charge in [-0.2, -0.15) is 0 Å². The lowest BCUT2D eigenvalue weighted by molar-refractivity contribution is 0.0823. The maximum atomic E-state index is 12.1. The van der Waals surface area contributed by atoms with E-state index in [1.807, 2.05) is 24.3 Å². The number of carbonyl (C=O) groups is 1. The summed E-state index contributed by atoms with van der Waals surface area (Å²) in [4.78, 5) is 18.1. The quantitative estimate of drug-likeness (QED) is 0.620. The van der Waals surface area contributed by atoms with Crippen molar-refractivity contribution >= 4 is 33.6 Å². The van der Waals surface area contributed by atoms with Gasteiger partial charge in [-0.05, 0) is 33.6 Å². The van der Waals surface area contributed by atoms with Crippen LogP contribution in [0, 0.1) is 0 Å². The zero-order valence-corrected chi connectivity index (χ0v) is 13.7. The molecule has 1 aromatic heterocycles. The molecular formula is C15H15BrN2OS. The van der Waals surface area contributed by atoms with Crippen LogP contribution in [-0.4, -0.2) is 29.9 Å². The smallest absolute Gasteiger partial charge is 0.256 e. The number of thioether (sulfide) groups is 1.